The first-order chi connectivity index (χ1) is 28.0. The average Bonchev–Trinajstić information content (AvgIpc) is 3.51. The van der Waals surface area contributed by atoms with Crippen LogP contribution in [-0.4, -0.2) is 11.9 Å². The van der Waals surface area contributed by atoms with Crippen LogP contribution in [0.15, 0.2) is 199 Å². The van der Waals surface area contributed by atoms with E-state index in [1.54, 1.807) is 0 Å². The van der Waals surface area contributed by atoms with E-state index in [1.807, 2.05) is 42.6 Å². The predicted octanol–water partition coefficient (Wildman–Crippen LogP) is 14.3. The fraction of sp³-hybridized carbons (Fsp3) is 0.0545. The van der Waals surface area contributed by atoms with E-state index in [1.165, 1.54) is 60.7 Å². The zero-order valence-electron chi connectivity index (χ0n) is 32.0. The molecule has 1 N–H and O–H groups in total. The normalized spacial score (nSPS) is 13.3. The molecule has 0 fully saturated rings. The number of rotatable bonds is 7. The summed E-state index contributed by atoms with van der Waals surface area (Å²) in [6.45, 7) is 4.74. The minimum Gasteiger partial charge on any atom is -0.300 e. The quantitative estimate of drug-likeness (QED) is 0.159. The summed E-state index contributed by atoms with van der Waals surface area (Å²) in [6, 6.07) is 66.8. The van der Waals surface area contributed by atoms with Gasteiger partial charge >= 0.3 is 0 Å². The fourth-order valence-electron chi connectivity index (χ4n) is 9.02. The molecule has 9 aromatic carbocycles. The molecule has 0 aromatic heterocycles. The summed E-state index contributed by atoms with van der Waals surface area (Å²) in [5.41, 5.74) is 14.3. The highest BCUT2D eigenvalue weighted by Crippen LogP contribution is 2.54. The van der Waals surface area contributed by atoms with E-state index in [2.05, 4.69) is 172 Å². The molecule has 9 aromatic rings. The Hall–Kier alpha value is -7.16. The summed E-state index contributed by atoms with van der Waals surface area (Å²) < 4.78 is 0. The molecule has 2 heteroatoms. The van der Waals surface area contributed by atoms with Crippen LogP contribution in [0.25, 0.3) is 71.4 Å². The maximum atomic E-state index is 8.99. The molecule has 0 amide bonds. The fourth-order valence-corrected chi connectivity index (χ4v) is 9.02. The van der Waals surface area contributed by atoms with E-state index in [9.17, 15) is 0 Å². The van der Waals surface area contributed by atoms with E-state index >= 15 is 0 Å². The second-order valence-corrected chi connectivity index (χ2v) is 15.5. The lowest BCUT2D eigenvalue weighted by atomic mass is 9.78. The van der Waals surface area contributed by atoms with E-state index in [-0.39, 0.29) is 5.41 Å². The molecule has 0 bridgehead atoms. The van der Waals surface area contributed by atoms with Gasteiger partial charge in [0.15, 0.2) is 0 Å². The van der Waals surface area contributed by atoms with Crippen LogP contribution in [0.4, 0.5) is 0 Å². The number of hydrogen-bond donors (Lipinski definition) is 1. The van der Waals surface area contributed by atoms with Crippen LogP contribution >= 0.6 is 0 Å². The Morgan fingerprint density at radius 1 is 0.491 bits per heavy atom. The van der Waals surface area contributed by atoms with Gasteiger partial charge in [-0.3, -0.25) is 4.99 Å². The van der Waals surface area contributed by atoms with Gasteiger partial charge in [-0.2, -0.15) is 0 Å². The second kappa shape index (κ2) is 13.8. The van der Waals surface area contributed by atoms with E-state index < -0.39 is 0 Å². The van der Waals surface area contributed by atoms with Crippen LogP contribution in [0.5, 0.6) is 0 Å². The zero-order valence-corrected chi connectivity index (χ0v) is 32.0. The number of nitrogens with zero attached hydrogens (tertiary/aromatic N) is 1. The number of nitrogens with one attached hydrogen (secondary N) is 1. The first-order valence-electron chi connectivity index (χ1n) is 19.6. The first-order valence-corrected chi connectivity index (χ1v) is 19.6. The summed E-state index contributed by atoms with van der Waals surface area (Å²) in [4.78, 5) is 5.14. The lowest BCUT2D eigenvalue weighted by molar-refractivity contribution is 0.662. The molecule has 0 radical (unpaired) electrons. The maximum absolute atomic E-state index is 8.99. The minimum absolute atomic E-state index is 0.123. The molecule has 57 heavy (non-hydrogen) atoms. The largest absolute Gasteiger partial charge is 0.300 e. The number of hydrogen-bond acceptors (Lipinski definition) is 2. The van der Waals surface area contributed by atoms with Crippen LogP contribution in [0.2, 0.25) is 0 Å². The van der Waals surface area contributed by atoms with Gasteiger partial charge in [-0.05, 0) is 88.5 Å². The van der Waals surface area contributed by atoms with Gasteiger partial charge in [0.2, 0.25) is 0 Å². The standard InChI is InChI=1S/C55H40N2/c1-55(2)50-33-31-37-15-7-9-21-45(37)53(50)49-25-13-23-46(54(49)55)39-28-26-38(27-29-39)44-32-30-41(43-20-10-11-22-47(43)44)35-57-52(34-51(56)40-16-4-3-5-17-40)48-24-12-18-36-14-6-8-19-42(36)48/h3-35,56H,1-2H3/b52-34-,56-51?,57-35?. The van der Waals surface area contributed by atoms with Gasteiger partial charge in [0, 0.05) is 22.8 Å². The summed E-state index contributed by atoms with van der Waals surface area (Å²) in [7, 11) is 0. The number of benzene rings is 9. The van der Waals surface area contributed by atoms with Gasteiger partial charge in [0.25, 0.3) is 0 Å². The SMILES string of the molecule is CC1(C)c2ccc3ccccc3c2-c2cccc(-c3ccc(-c4ccc(C=N/C(=C\C(=N)c5ccccc5)c5cccc6ccccc56)c5ccccc45)cc3)c21. The molecule has 270 valence electrons. The molecule has 0 unspecified atom stereocenters. The summed E-state index contributed by atoms with van der Waals surface area (Å²) in [6.07, 6.45) is 3.84. The molecule has 0 saturated carbocycles. The first kappa shape index (κ1) is 34.3. The monoisotopic (exact) mass is 728 g/mol. The third-order valence-electron chi connectivity index (χ3n) is 11.8. The Bertz CT molecular complexity index is 3090. The predicted molar refractivity (Wildman–Crippen MR) is 243 cm³/mol. The van der Waals surface area contributed by atoms with Crippen molar-refractivity contribution in [2.75, 3.05) is 0 Å². The van der Waals surface area contributed by atoms with Crippen molar-refractivity contribution in [1.29, 1.82) is 5.41 Å². The van der Waals surface area contributed by atoms with Gasteiger partial charge < -0.3 is 5.41 Å². The average molecular weight is 729 g/mol. The Balaban J connectivity index is 1.02. The summed E-state index contributed by atoms with van der Waals surface area (Å²) >= 11 is 0. The molecular weight excluding hydrogens is 689 g/mol. The lowest BCUT2D eigenvalue weighted by Crippen LogP contribution is -2.16. The van der Waals surface area contributed by atoms with E-state index in [0.29, 0.717) is 5.71 Å². The molecule has 0 saturated heterocycles. The van der Waals surface area contributed by atoms with Crippen molar-refractivity contribution in [3.8, 4) is 33.4 Å². The van der Waals surface area contributed by atoms with Gasteiger partial charge in [-0.15, -0.1) is 0 Å². The second-order valence-electron chi connectivity index (χ2n) is 15.5. The molecule has 1 aliphatic carbocycles. The summed E-state index contributed by atoms with van der Waals surface area (Å²) in [5.74, 6) is 0. The molecule has 2 nitrogen and oxygen atoms in total. The van der Waals surface area contributed by atoms with Crippen molar-refractivity contribution in [3.05, 3.63) is 222 Å². The number of fused-ring (bicyclic) bond motifs is 7. The Labute approximate surface area is 333 Å². The highest BCUT2D eigenvalue weighted by Gasteiger charge is 2.38. The van der Waals surface area contributed by atoms with Crippen molar-refractivity contribution in [1.82, 2.24) is 0 Å². The van der Waals surface area contributed by atoms with Crippen LogP contribution < -0.4 is 0 Å². The number of aliphatic imine (C=N–C) groups is 1. The van der Waals surface area contributed by atoms with Crippen LogP contribution in [-0.2, 0) is 5.41 Å². The van der Waals surface area contributed by atoms with Crippen molar-refractivity contribution < 1.29 is 0 Å². The van der Waals surface area contributed by atoms with E-state index in [0.717, 1.165) is 38.5 Å². The van der Waals surface area contributed by atoms with Gasteiger partial charge in [-0.1, -0.05) is 202 Å². The Morgan fingerprint density at radius 2 is 1.09 bits per heavy atom. The highest BCUT2D eigenvalue weighted by molar-refractivity contribution is 6.13. The van der Waals surface area contributed by atoms with Crippen LogP contribution in [0, 0.1) is 5.41 Å². The molecule has 0 heterocycles. The minimum atomic E-state index is -0.123. The molecule has 0 aliphatic heterocycles. The smallest absolute Gasteiger partial charge is 0.0729 e. The molecule has 1 aliphatic rings. The van der Waals surface area contributed by atoms with Gasteiger partial charge in [0.05, 0.1) is 11.4 Å². The Morgan fingerprint density at radius 3 is 1.86 bits per heavy atom. The van der Waals surface area contributed by atoms with Crippen molar-refractivity contribution in [2.24, 2.45) is 4.99 Å². The molecule has 0 atom stereocenters. The molecule has 0 spiro atoms. The van der Waals surface area contributed by atoms with E-state index in [4.69, 9.17) is 10.4 Å². The zero-order chi connectivity index (χ0) is 38.5. The topological polar surface area (TPSA) is 36.2 Å². The Kier molecular flexibility index (Phi) is 8.34. The van der Waals surface area contributed by atoms with Crippen molar-refractivity contribution in [2.45, 2.75) is 19.3 Å². The summed E-state index contributed by atoms with van der Waals surface area (Å²) in [5, 5.41) is 16.1. The highest BCUT2D eigenvalue weighted by atomic mass is 14.7. The van der Waals surface area contributed by atoms with Crippen LogP contribution in [0.3, 0.4) is 0 Å². The molecular formula is C55H40N2. The van der Waals surface area contributed by atoms with Crippen LogP contribution in [0.1, 0.15) is 41.7 Å². The van der Waals surface area contributed by atoms with Crippen molar-refractivity contribution >= 4 is 49.9 Å². The number of allylic oxidation sites excluding steroid dienone is 1. The maximum Gasteiger partial charge on any atom is 0.0729 e. The van der Waals surface area contributed by atoms with Gasteiger partial charge in [0.1, 0.15) is 0 Å². The third-order valence-corrected chi connectivity index (χ3v) is 11.8. The molecule has 10 rings (SSSR count). The van der Waals surface area contributed by atoms with Gasteiger partial charge in [-0.25, -0.2) is 0 Å². The third kappa shape index (κ3) is 5.89. The lowest BCUT2D eigenvalue weighted by Gasteiger charge is -2.24. The van der Waals surface area contributed by atoms with Crippen molar-refractivity contribution in [3.63, 3.8) is 0 Å².